The zero-order valence-corrected chi connectivity index (χ0v) is 17.7. The van der Waals surface area contributed by atoms with Gasteiger partial charge in [-0.15, -0.1) is 0 Å². The number of nitrogens with two attached hydrogens (primary N) is 1. The van der Waals surface area contributed by atoms with Crippen molar-refractivity contribution in [3.8, 4) is 0 Å². The van der Waals surface area contributed by atoms with Crippen LogP contribution in [0.4, 0.5) is 5.69 Å². The first-order valence-electron chi connectivity index (χ1n) is 10.3. The Labute approximate surface area is 186 Å². The van der Waals surface area contributed by atoms with Gasteiger partial charge in [0.15, 0.2) is 0 Å². The third kappa shape index (κ3) is 6.06. The Morgan fingerprint density at radius 2 is 1.31 bits per heavy atom. The van der Waals surface area contributed by atoms with Gasteiger partial charge in [0.1, 0.15) is 12.1 Å². The average Bonchev–Trinajstić information content (AvgIpc) is 2.79. The summed E-state index contributed by atoms with van der Waals surface area (Å²) >= 11 is 0. The number of hydrogen-bond acceptors (Lipinski definition) is 4. The summed E-state index contributed by atoms with van der Waals surface area (Å²) in [4.78, 5) is 21.3. The molecule has 6 heteroatoms. The molecule has 164 valence electrons. The highest BCUT2D eigenvalue weighted by Crippen LogP contribution is 2.19. The normalized spacial score (nSPS) is 12.4. The molecule has 2 atom stereocenters. The van der Waals surface area contributed by atoms with Crippen LogP contribution >= 0.6 is 0 Å². The average molecular weight is 431 g/mol. The van der Waals surface area contributed by atoms with Gasteiger partial charge in [0.05, 0.1) is 0 Å². The van der Waals surface area contributed by atoms with Crippen LogP contribution in [0.3, 0.4) is 0 Å². The molecule has 0 aliphatic rings. The van der Waals surface area contributed by atoms with Gasteiger partial charge in [0.25, 0.3) is 0 Å². The van der Waals surface area contributed by atoms with Crippen LogP contribution in [-0.2, 0) is 16.0 Å². The quantitative estimate of drug-likeness (QED) is 0.358. The summed E-state index contributed by atoms with van der Waals surface area (Å²) in [5.41, 5.74) is 7.27. The van der Waals surface area contributed by atoms with Crippen LogP contribution in [0.2, 0.25) is 0 Å². The summed E-state index contributed by atoms with van der Waals surface area (Å²) in [7, 11) is 0. The minimum atomic E-state index is -0.965. The molecule has 4 aromatic carbocycles. The van der Waals surface area contributed by atoms with Crippen molar-refractivity contribution in [2.24, 2.45) is 5.73 Å². The highest BCUT2D eigenvalue weighted by Gasteiger charge is 2.12. The Morgan fingerprint density at radius 1 is 0.781 bits per heavy atom. The molecule has 1 unspecified atom stereocenters. The predicted molar refractivity (Wildman–Crippen MR) is 128 cm³/mol. The van der Waals surface area contributed by atoms with Gasteiger partial charge in [0.2, 0.25) is 0 Å². The number of carboxylic acid groups (broad SMARTS) is 2. The number of rotatable bonds is 6. The molecule has 0 spiro atoms. The maximum atomic E-state index is 10.7. The molecule has 0 fully saturated rings. The zero-order valence-electron chi connectivity index (χ0n) is 17.7. The molecule has 0 aliphatic carbocycles. The Balaban J connectivity index is 0.000000181. The fraction of sp³-hybridized carbons (Fsp3) is 0.154. The monoisotopic (exact) mass is 430 g/mol. The van der Waals surface area contributed by atoms with Crippen molar-refractivity contribution in [3.63, 3.8) is 0 Å². The highest BCUT2D eigenvalue weighted by molar-refractivity contribution is 5.87. The van der Waals surface area contributed by atoms with Crippen molar-refractivity contribution in [2.45, 2.75) is 25.4 Å². The maximum absolute atomic E-state index is 10.7. The lowest BCUT2D eigenvalue weighted by Gasteiger charge is -2.11. The molecule has 4 rings (SSSR count). The van der Waals surface area contributed by atoms with Crippen molar-refractivity contribution in [3.05, 3.63) is 90.5 Å². The number of aliphatic carboxylic acids is 2. The minimum Gasteiger partial charge on any atom is -0.480 e. The van der Waals surface area contributed by atoms with Crippen molar-refractivity contribution in [1.29, 1.82) is 0 Å². The standard InChI is InChI=1S/2C13H13NO2/c1-9(13(15)16)14-12-7-6-10-4-2-3-5-11(10)8-12;14-12(13(15)16)8-9-5-6-10-3-1-2-4-11(10)7-9/h2-9,14H,1H3,(H,15,16);1-7,12H,8,14H2,(H,15,16)/t9-;/m0./s1. The van der Waals surface area contributed by atoms with E-state index in [0.717, 1.165) is 32.8 Å². The number of carboxylic acids is 2. The highest BCUT2D eigenvalue weighted by atomic mass is 16.4. The molecule has 0 heterocycles. The molecule has 6 nitrogen and oxygen atoms in total. The van der Waals surface area contributed by atoms with Crippen LogP contribution in [-0.4, -0.2) is 34.2 Å². The van der Waals surface area contributed by atoms with Gasteiger partial charge in [-0.3, -0.25) is 9.59 Å². The third-order valence-corrected chi connectivity index (χ3v) is 5.09. The molecule has 0 aromatic heterocycles. The lowest BCUT2D eigenvalue weighted by Crippen LogP contribution is -2.32. The number of benzene rings is 4. The summed E-state index contributed by atoms with van der Waals surface area (Å²) in [6, 6.07) is 26.2. The van der Waals surface area contributed by atoms with E-state index in [9.17, 15) is 9.59 Å². The second-order valence-corrected chi connectivity index (χ2v) is 7.60. The second-order valence-electron chi connectivity index (χ2n) is 7.60. The number of nitrogens with one attached hydrogen (secondary N) is 1. The molecule has 4 aromatic rings. The number of fused-ring (bicyclic) bond motifs is 2. The molecular formula is C26H26N2O4. The molecule has 0 amide bonds. The fourth-order valence-corrected chi connectivity index (χ4v) is 3.30. The van der Waals surface area contributed by atoms with Crippen molar-refractivity contribution in [2.75, 3.05) is 5.32 Å². The van der Waals surface area contributed by atoms with Gasteiger partial charge in [-0.05, 0) is 52.6 Å². The van der Waals surface area contributed by atoms with E-state index in [0.29, 0.717) is 6.42 Å². The molecule has 32 heavy (non-hydrogen) atoms. The smallest absolute Gasteiger partial charge is 0.325 e. The van der Waals surface area contributed by atoms with Crippen LogP contribution in [0.25, 0.3) is 21.5 Å². The van der Waals surface area contributed by atoms with E-state index in [2.05, 4.69) is 5.32 Å². The topological polar surface area (TPSA) is 113 Å². The lowest BCUT2D eigenvalue weighted by molar-refractivity contribution is -0.139. The molecule has 5 N–H and O–H groups in total. The van der Waals surface area contributed by atoms with Gasteiger partial charge in [-0.25, -0.2) is 0 Å². The van der Waals surface area contributed by atoms with Crippen molar-refractivity contribution < 1.29 is 19.8 Å². The van der Waals surface area contributed by atoms with Gasteiger partial charge in [0, 0.05) is 5.69 Å². The Morgan fingerprint density at radius 3 is 1.88 bits per heavy atom. The van der Waals surface area contributed by atoms with E-state index in [-0.39, 0.29) is 0 Å². The SMILES string of the molecule is C[C@H](Nc1ccc2ccccc2c1)C(=O)O.NC(Cc1ccc2ccccc2c1)C(=O)O. The van der Waals surface area contributed by atoms with Crippen molar-refractivity contribution in [1.82, 2.24) is 0 Å². The number of hydrogen-bond donors (Lipinski definition) is 4. The third-order valence-electron chi connectivity index (χ3n) is 5.09. The second kappa shape index (κ2) is 10.4. The van der Waals surface area contributed by atoms with Crippen molar-refractivity contribution >= 4 is 39.2 Å². The minimum absolute atomic E-state index is 0.361. The first-order valence-corrected chi connectivity index (χ1v) is 10.3. The van der Waals surface area contributed by atoms with E-state index in [1.807, 2.05) is 84.9 Å². The van der Waals surface area contributed by atoms with Crippen LogP contribution in [0, 0.1) is 0 Å². The van der Waals surface area contributed by atoms with Crippen LogP contribution in [0.5, 0.6) is 0 Å². The number of anilines is 1. The molecule has 0 bridgehead atoms. The van der Waals surface area contributed by atoms with Gasteiger partial charge >= 0.3 is 11.9 Å². The van der Waals surface area contributed by atoms with Gasteiger partial charge < -0.3 is 21.3 Å². The maximum Gasteiger partial charge on any atom is 0.325 e. The van der Waals surface area contributed by atoms with E-state index in [4.69, 9.17) is 15.9 Å². The van der Waals surface area contributed by atoms with E-state index in [1.54, 1.807) is 6.92 Å². The fourth-order valence-electron chi connectivity index (χ4n) is 3.30. The first kappa shape index (κ1) is 22.8. The van der Waals surface area contributed by atoms with Gasteiger partial charge in [-0.2, -0.15) is 0 Å². The molecule has 0 saturated carbocycles. The molecule has 0 radical (unpaired) electrons. The van der Waals surface area contributed by atoms with Crippen LogP contribution in [0.15, 0.2) is 84.9 Å². The predicted octanol–water partition coefficient (Wildman–Crippen LogP) is 4.52. The Hall–Kier alpha value is -3.90. The van der Waals surface area contributed by atoms with E-state index < -0.39 is 24.0 Å². The summed E-state index contributed by atoms with van der Waals surface area (Å²) in [6.07, 6.45) is 0.361. The van der Waals surface area contributed by atoms with E-state index >= 15 is 0 Å². The Bertz CT molecular complexity index is 1140. The number of carbonyl (C=O) groups is 2. The summed E-state index contributed by atoms with van der Waals surface area (Å²) in [5, 5.41) is 25.0. The summed E-state index contributed by atoms with van der Waals surface area (Å²) in [5.74, 6) is -1.82. The Kier molecular flexibility index (Phi) is 7.41. The van der Waals surface area contributed by atoms with E-state index in [1.165, 1.54) is 0 Å². The van der Waals surface area contributed by atoms with Gasteiger partial charge in [-0.1, -0.05) is 72.8 Å². The first-order chi connectivity index (χ1) is 15.3. The lowest BCUT2D eigenvalue weighted by atomic mass is 10.0. The van der Waals surface area contributed by atoms with Crippen LogP contribution < -0.4 is 11.1 Å². The summed E-state index contributed by atoms with van der Waals surface area (Å²) in [6.45, 7) is 1.62. The summed E-state index contributed by atoms with van der Waals surface area (Å²) < 4.78 is 0. The van der Waals surface area contributed by atoms with Crippen LogP contribution in [0.1, 0.15) is 12.5 Å². The molecule has 0 saturated heterocycles. The molecular weight excluding hydrogens is 404 g/mol. The zero-order chi connectivity index (χ0) is 23.1. The molecule has 0 aliphatic heterocycles. The largest absolute Gasteiger partial charge is 0.480 e.